The maximum atomic E-state index is 12.8. The molecule has 0 atom stereocenters. The van der Waals surface area contributed by atoms with Gasteiger partial charge in [0.25, 0.3) is 5.91 Å². The van der Waals surface area contributed by atoms with Gasteiger partial charge in [0, 0.05) is 24.5 Å². The van der Waals surface area contributed by atoms with Crippen LogP contribution in [0.5, 0.6) is 0 Å². The van der Waals surface area contributed by atoms with Gasteiger partial charge in [0.15, 0.2) is 5.78 Å². The molecule has 0 aliphatic heterocycles. The first-order valence-corrected chi connectivity index (χ1v) is 6.87. The van der Waals surface area contributed by atoms with Crippen LogP contribution >= 0.6 is 0 Å². The Hall–Kier alpha value is -2.96. The molecule has 1 aromatic carbocycles. The van der Waals surface area contributed by atoms with Crippen molar-refractivity contribution in [1.82, 2.24) is 9.88 Å². The van der Waals surface area contributed by atoms with Crippen molar-refractivity contribution in [3.05, 3.63) is 53.6 Å². The molecule has 2 amide bonds. The van der Waals surface area contributed by atoms with E-state index in [-0.39, 0.29) is 18.0 Å². The van der Waals surface area contributed by atoms with Gasteiger partial charge in [0.2, 0.25) is 5.91 Å². The lowest BCUT2D eigenvalue weighted by Crippen LogP contribution is -2.35. The molecule has 120 valence electrons. The molecule has 0 saturated heterocycles. The van der Waals surface area contributed by atoms with Gasteiger partial charge in [0.1, 0.15) is 11.5 Å². The summed E-state index contributed by atoms with van der Waals surface area (Å²) in [6.45, 7) is 1.22. The summed E-state index contributed by atoms with van der Waals surface area (Å²) in [7, 11) is 1.47. The standard InChI is InChI=1S/C16H16FN3O3/c1-10(21)11-7-14(18-8-11)16(23)20(2)9-15(22)19-13-5-3-12(17)4-6-13/h3-8,18H,9H2,1-2H3,(H,19,22). The number of carbonyl (C=O) groups is 3. The summed E-state index contributed by atoms with van der Waals surface area (Å²) in [4.78, 5) is 39.2. The van der Waals surface area contributed by atoms with Crippen LogP contribution in [0, 0.1) is 5.82 Å². The van der Waals surface area contributed by atoms with Gasteiger partial charge >= 0.3 is 0 Å². The van der Waals surface area contributed by atoms with E-state index in [1.165, 1.54) is 55.4 Å². The highest BCUT2D eigenvalue weighted by Gasteiger charge is 2.17. The molecule has 0 bridgehead atoms. The average molecular weight is 317 g/mol. The molecule has 2 aromatic rings. The lowest BCUT2D eigenvalue weighted by atomic mass is 10.2. The monoisotopic (exact) mass is 317 g/mol. The molecule has 6 nitrogen and oxygen atoms in total. The molecule has 7 heteroatoms. The minimum absolute atomic E-state index is 0.156. The van der Waals surface area contributed by atoms with Crippen LogP contribution < -0.4 is 5.32 Å². The molecule has 0 spiro atoms. The number of anilines is 1. The van der Waals surface area contributed by atoms with E-state index in [9.17, 15) is 18.8 Å². The van der Waals surface area contributed by atoms with Gasteiger partial charge < -0.3 is 15.2 Å². The second-order valence-corrected chi connectivity index (χ2v) is 5.07. The summed E-state index contributed by atoms with van der Waals surface area (Å²) in [6, 6.07) is 6.76. The number of nitrogens with one attached hydrogen (secondary N) is 2. The number of amides is 2. The van der Waals surface area contributed by atoms with Crippen LogP contribution in [-0.4, -0.2) is 41.1 Å². The highest BCUT2D eigenvalue weighted by Crippen LogP contribution is 2.09. The van der Waals surface area contributed by atoms with Gasteiger partial charge in [-0.3, -0.25) is 14.4 Å². The first-order valence-electron chi connectivity index (χ1n) is 6.87. The van der Waals surface area contributed by atoms with Gasteiger partial charge in [-0.15, -0.1) is 0 Å². The van der Waals surface area contributed by atoms with E-state index in [2.05, 4.69) is 10.3 Å². The minimum atomic E-state index is -0.411. The number of likely N-dealkylation sites (N-methyl/N-ethyl adjacent to an activating group) is 1. The predicted molar refractivity (Wildman–Crippen MR) is 82.8 cm³/mol. The van der Waals surface area contributed by atoms with Crippen LogP contribution in [0.1, 0.15) is 27.8 Å². The molecular weight excluding hydrogens is 301 g/mol. The molecule has 0 aliphatic rings. The Labute approximate surface area is 132 Å². The van der Waals surface area contributed by atoms with E-state index < -0.39 is 17.6 Å². The number of hydrogen-bond donors (Lipinski definition) is 2. The molecule has 0 saturated carbocycles. The predicted octanol–water partition coefficient (Wildman–Crippen LogP) is 2.07. The molecule has 2 rings (SSSR count). The summed E-state index contributed by atoms with van der Waals surface area (Å²) < 4.78 is 12.8. The average Bonchev–Trinajstić information content (AvgIpc) is 2.98. The second-order valence-electron chi connectivity index (χ2n) is 5.07. The third-order valence-corrected chi connectivity index (χ3v) is 3.18. The Balaban J connectivity index is 1.95. The second kappa shape index (κ2) is 6.87. The zero-order chi connectivity index (χ0) is 17.0. The number of halogens is 1. The zero-order valence-electron chi connectivity index (χ0n) is 12.7. The maximum absolute atomic E-state index is 12.8. The third-order valence-electron chi connectivity index (χ3n) is 3.18. The van der Waals surface area contributed by atoms with Crippen molar-refractivity contribution in [2.75, 3.05) is 18.9 Å². The number of benzene rings is 1. The van der Waals surface area contributed by atoms with E-state index in [0.717, 1.165) is 0 Å². The molecular formula is C16H16FN3O3. The van der Waals surface area contributed by atoms with Crippen LogP contribution in [0.2, 0.25) is 0 Å². The quantitative estimate of drug-likeness (QED) is 0.828. The number of Topliss-reactive ketones (excluding diaryl/α,β-unsaturated/α-hetero) is 1. The van der Waals surface area contributed by atoms with E-state index in [1.54, 1.807) is 0 Å². The zero-order valence-corrected chi connectivity index (χ0v) is 12.7. The third kappa shape index (κ3) is 4.26. The van der Waals surface area contributed by atoms with Crippen LogP contribution in [-0.2, 0) is 4.79 Å². The van der Waals surface area contributed by atoms with E-state index in [0.29, 0.717) is 11.3 Å². The first kappa shape index (κ1) is 16.4. The highest BCUT2D eigenvalue weighted by atomic mass is 19.1. The summed E-state index contributed by atoms with van der Waals surface area (Å²) >= 11 is 0. The van der Waals surface area contributed by atoms with Crippen LogP contribution in [0.15, 0.2) is 36.5 Å². The fraction of sp³-hybridized carbons (Fsp3) is 0.188. The van der Waals surface area contributed by atoms with Gasteiger partial charge in [-0.05, 0) is 37.3 Å². The molecule has 0 aliphatic carbocycles. The van der Waals surface area contributed by atoms with Crippen molar-refractivity contribution in [1.29, 1.82) is 0 Å². The Kier molecular flexibility index (Phi) is 4.90. The van der Waals surface area contributed by atoms with E-state index in [4.69, 9.17) is 0 Å². The van der Waals surface area contributed by atoms with Gasteiger partial charge in [0.05, 0.1) is 6.54 Å². The number of rotatable bonds is 5. The fourth-order valence-corrected chi connectivity index (χ4v) is 1.95. The summed E-state index contributed by atoms with van der Waals surface area (Å²) in [5, 5.41) is 2.57. The summed E-state index contributed by atoms with van der Waals surface area (Å²) in [6.07, 6.45) is 1.45. The lowest BCUT2D eigenvalue weighted by Gasteiger charge is -2.16. The molecule has 1 aromatic heterocycles. The Morgan fingerprint density at radius 3 is 2.43 bits per heavy atom. The fourth-order valence-electron chi connectivity index (χ4n) is 1.95. The normalized spacial score (nSPS) is 10.2. The molecule has 0 radical (unpaired) electrons. The van der Waals surface area contributed by atoms with Crippen molar-refractivity contribution in [2.24, 2.45) is 0 Å². The van der Waals surface area contributed by atoms with Crippen molar-refractivity contribution < 1.29 is 18.8 Å². The van der Waals surface area contributed by atoms with Gasteiger partial charge in [-0.25, -0.2) is 4.39 Å². The lowest BCUT2D eigenvalue weighted by molar-refractivity contribution is -0.116. The molecule has 23 heavy (non-hydrogen) atoms. The highest BCUT2D eigenvalue weighted by molar-refractivity contribution is 6.01. The van der Waals surface area contributed by atoms with Crippen LogP contribution in [0.3, 0.4) is 0 Å². The number of aromatic nitrogens is 1. The smallest absolute Gasteiger partial charge is 0.270 e. The number of H-pyrrole nitrogens is 1. The van der Waals surface area contributed by atoms with Crippen LogP contribution in [0.4, 0.5) is 10.1 Å². The van der Waals surface area contributed by atoms with Gasteiger partial charge in [-0.1, -0.05) is 0 Å². The van der Waals surface area contributed by atoms with Gasteiger partial charge in [-0.2, -0.15) is 0 Å². The largest absolute Gasteiger partial charge is 0.356 e. The Bertz CT molecular complexity index is 737. The van der Waals surface area contributed by atoms with E-state index >= 15 is 0 Å². The summed E-state index contributed by atoms with van der Waals surface area (Å²) in [5.74, 6) is -1.38. The number of aromatic amines is 1. The first-order chi connectivity index (χ1) is 10.9. The Morgan fingerprint density at radius 2 is 1.87 bits per heavy atom. The maximum Gasteiger partial charge on any atom is 0.270 e. The van der Waals surface area contributed by atoms with Crippen LogP contribution in [0.25, 0.3) is 0 Å². The number of hydrogen-bond acceptors (Lipinski definition) is 3. The van der Waals surface area contributed by atoms with Crippen molar-refractivity contribution >= 4 is 23.3 Å². The number of ketones is 1. The summed E-state index contributed by atoms with van der Waals surface area (Å²) in [5.41, 5.74) is 1.07. The van der Waals surface area contributed by atoms with Crippen molar-refractivity contribution in [3.63, 3.8) is 0 Å². The molecule has 1 heterocycles. The van der Waals surface area contributed by atoms with Crippen molar-refractivity contribution in [2.45, 2.75) is 6.92 Å². The topological polar surface area (TPSA) is 82.3 Å². The number of nitrogens with zero attached hydrogens (tertiary/aromatic N) is 1. The van der Waals surface area contributed by atoms with E-state index in [1.807, 2.05) is 0 Å². The SMILES string of the molecule is CC(=O)c1c[nH]c(C(=O)N(C)CC(=O)Nc2ccc(F)cc2)c1. The minimum Gasteiger partial charge on any atom is -0.356 e. The number of carbonyl (C=O) groups excluding carboxylic acids is 3. The molecule has 0 fully saturated rings. The van der Waals surface area contributed by atoms with Crippen molar-refractivity contribution in [3.8, 4) is 0 Å². The molecule has 2 N–H and O–H groups in total. The Morgan fingerprint density at radius 1 is 1.22 bits per heavy atom. The molecule has 0 unspecified atom stereocenters.